The van der Waals surface area contributed by atoms with E-state index in [0.29, 0.717) is 24.3 Å². The van der Waals surface area contributed by atoms with E-state index in [2.05, 4.69) is 5.32 Å². The highest BCUT2D eigenvalue weighted by atomic mass is 32.2. The molecular weight excluding hydrogens is 419 g/mol. The number of sulfone groups is 1. The monoisotopic (exact) mass is 443 g/mol. The number of benzene rings is 2. The molecule has 164 valence electrons. The third kappa shape index (κ3) is 5.14. The molecule has 0 atom stereocenters. The fraction of sp³-hybridized carbons (Fsp3) is 0.429. The zero-order valence-corrected chi connectivity index (χ0v) is 17.6. The van der Waals surface area contributed by atoms with Gasteiger partial charge in [0.25, 0.3) is 0 Å². The van der Waals surface area contributed by atoms with Crippen molar-refractivity contribution in [3.8, 4) is 11.5 Å². The minimum Gasteiger partial charge on any atom is -0.457 e. The molecule has 2 aromatic carbocycles. The molecule has 3 rings (SSSR count). The lowest BCUT2D eigenvalue weighted by Crippen LogP contribution is -2.35. The van der Waals surface area contributed by atoms with Crippen LogP contribution in [0.15, 0.2) is 35.2 Å². The number of aryl methyl sites for hydroxylation is 1. The molecule has 1 aliphatic rings. The predicted octanol–water partition coefficient (Wildman–Crippen LogP) is 4.50. The zero-order chi connectivity index (χ0) is 21.9. The third-order valence-corrected chi connectivity index (χ3v) is 6.54. The molecular formula is C21H24F3NO4S. The summed E-state index contributed by atoms with van der Waals surface area (Å²) in [6.07, 6.45) is 1.49. The number of ether oxygens (including phenoxy) is 2. The topological polar surface area (TPSA) is 64.6 Å². The van der Waals surface area contributed by atoms with Gasteiger partial charge in [-0.3, -0.25) is 0 Å². The molecule has 0 bridgehead atoms. The molecule has 0 radical (unpaired) electrons. The van der Waals surface area contributed by atoms with Gasteiger partial charge in [-0.15, -0.1) is 0 Å². The van der Waals surface area contributed by atoms with Crippen molar-refractivity contribution in [2.45, 2.75) is 49.9 Å². The molecule has 1 heterocycles. The number of alkyl halides is 2. The first kappa shape index (κ1) is 22.6. The Morgan fingerprint density at radius 3 is 2.50 bits per heavy atom. The number of halogens is 3. The summed E-state index contributed by atoms with van der Waals surface area (Å²) in [4.78, 5) is -0.433. The average Bonchev–Trinajstić information content (AvgIpc) is 2.68. The van der Waals surface area contributed by atoms with Gasteiger partial charge in [0.1, 0.15) is 17.3 Å². The number of hydrogen-bond acceptors (Lipinski definition) is 5. The number of hydrogen-bond donors (Lipinski definition) is 1. The Labute approximate surface area is 174 Å². The molecule has 1 aliphatic heterocycles. The summed E-state index contributed by atoms with van der Waals surface area (Å²) in [7, 11) is -4.80. The van der Waals surface area contributed by atoms with Crippen molar-refractivity contribution in [1.29, 1.82) is 0 Å². The normalized spacial score (nSPS) is 15.5. The molecule has 1 N–H and O–H groups in total. The van der Waals surface area contributed by atoms with Gasteiger partial charge in [-0.2, -0.15) is 8.78 Å². The van der Waals surface area contributed by atoms with Crippen LogP contribution in [-0.2, 0) is 21.1 Å². The molecule has 0 aliphatic carbocycles. The van der Waals surface area contributed by atoms with E-state index in [1.165, 1.54) is 18.2 Å². The third-order valence-electron chi connectivity index (χ3n) is 5.08. The van der Waals surface area contributed by atoms with Crippen LogP contribution < -0.4 is 10.1 Å². The second kappa shape index (κ2) is 9.36. The Morgan fingerprint density at radius 1 is 1.17 bits per heavy atom. The zero-order valence-electron chi connectivity index (χ0n) is 16.8. The standard InChI is InChI=1S/C21H24F3NO4S/c1-13-9-15(22)11-17(10-13)29-19-3-4-20(30(26,27)21(23)24)18(14(19)2)12-25-16-5-7-28-8-6-16/h3-4,9-11,16,21,25H,5-8,12H2,1-2H3. The first-order valence-electron chi connectivity index (χ1n) is 9.59. The maximum Gasteiger partial charge on any atom is 0.341 e. The fourth-order valence-corrected chi connectivity index (χ4v) is 4.46. The molecule has 2 aromatic rings. The van der Waals surface area contributed by atoms with Crippen LogP contribution in [0.3, 0.4) is 0 Å². The summed E-state index contributed by atoms with van der Waals surface area (Å²) in [5, 5.41) is 3.23. The van der Waals surface area contributed by atoms with E-state index in [-0.39, 0.29) is 29.6 Å². The lowest BCUT2D eigenvalue weighted by molar-refractivity contribution is 0.0775. The van der Waals surface area contributed by atoms with Crippen molar-refractivity contribution in [2.75, 3.05) is 13.2 Å². The Morgan fingerprint density at radius 2 is 1.87 bits per heavy atom. The van der Waals surface area contributed by atoms with Crippen molar-refractivity contribution in [3.05, 3.63) is 52.8 Å². The van der Waals surface area contributed by atoms with Crippen LogP contribution in [0.5, 0.6) is 11.5 Å². The van der Waals surface area contributed by atoms with Gasteiger partial charge in [-0.25, -0.2) is 12.8 Å². The van der Waals surface area contributed by atoms with Gasteiger partial charge >= 0.3 is 5.76 Å². The second-order valence-corrected chi connectivity index (χ2v) is 9.19. The van der Waals surface area contributed by atoms with E-state index < -0.39 is 26.3 Å². The SMILES string of the molecule is Cc1cc(F)cc(Oc2ccc(S(=O)(=O)C(F)F)c(CNC3CCOCC3)c2C)c1. The highest BCUT2D eigenvalue weighted by molar-refractivity contribution is 7.91. The highest BCUT2D eigenvalue weighted by Gasteiger charge is 2.31. The van der Waals surface area contributed by atoms with Crippen LogP contribution in [0.2, 0.25) is 0 Å². The summed E-state index contributed by atoms with van der Waals surface area (Å²) in [5.74, 6) is -3.49. The maximum absolute atomic E-state index is 13.7. The summed E-state index contributed by atoms with van der Waals surface area (Å²) < 4.78 is 75.7. The van der Waals surface area contributed by atoms with E-state index in [1.54, 1.807) is 19.9 Å². The van der Waals surface area contributed by atoms with E-state index in [4.69, 9.17) is 9.47 Å². The van der Waals surface area contributed by atoms with E-state index in [9.17, 15) is 21.6 Å². The van der Waals surface area contributed by atoms with Gasteiger partial charge in [-0.05, 0) is 67.6 Å². The summed E-state index contributed by atoms with van der Waals surface area (Å²) >= 11 is 0. The summed E-state index contributed by atoms with van der Waals surface area (Å²) in [6.45, 7) is 4.57. The Balaban J connectivity index is 1.97. The molecule has 0 unspecified atom stereocenters. The largest absolute Gasteiger partial charge is 0.457 e. The number of rotatable bonds is 7. The maximum atomic E-state index is 13.7. The molecule has 0 aromatic heterocycles. The van der Waals surface area contributed by atoms with Gasteiger partial charge in [-0.1, -0.05) is 0 Å². The molecule has 1 fully saturated rings. The van der Waals surface area contributed by atoms with Crippen molar-refractivity contribution in [2.24, 2.45) is 0 Å². The van der Waals surface area contributed by atoms with Gasteiger partial charge in [0.2, 0.25) is 9.84 Å². The molecule has 0 spiro atoms. The molecule has 5 nitrogen and oxygen atoms in total. The van der Waals surface area contributed by atoms with Gasteiger partial charge in [0.15, 0.2) is 0 Å². The van der Waals surface area contributed by atoms with Crippen molar-refractivity contribution in [1.82, 2.24) is 5.32 Å². The highest BCUT2D eigenvalue weighted by Crippen LogP contribution is 2.34. The van der Waals surface area contributed by atoms with E-state index in [0.717, 1.165) is 18.9 Å². The quantitative estimate of drug-likeness (QED) is 0.683. The molecule has 1 saturated heterocycles. The van der Waals surface area contributed by atoms with Crippen LogP contribution in [-0.4, -0.2) is 33.4 Å². The minimum atomic E-state index is -4.80. The van der Waals surface area contributed by atoms with Crippen molar-refractivity contribution in [3.63, 3.8) is 0 Å². The fourth-order valence-electron chi connectivity index (χ4n) is 3.44. The van der Waals surface area contributed by atoms with E-state index in [1.807, 2.05) is 0 Å². The first-order chi connectivity index (χ1) is 14.2. The van der Waals surface area contributed by atoms with E-state index >= 15 is 0 Å². The van der Waals surface area contributed by atoms with Crippen LogP contribution >= 0.6 is 0 Å². The van der Waals surface area contributed by atoms with Gasteiger partial charge < -0.3 is 14.8 Å². The lowest BCUT2D eigenvalue weighted by Gasteiger charge is -2.25. The van der Waals surface area contributed by atoms with Gasteiger partial charge in [0, 0.05) is 31.9 Å². The summed E-state index contributed by atoms with van der Waals surface area (Å²) in [5.41, 5.74) is 1.27. The second-order valence-electron chi connectivity index (χ2n) is 7.30. The number of nitrogens with one attached hydrogen (secondary N) is 1. The van der Waals surface area contributed by atoms with Crippen molar-refractivity contribution < 1.29 is 31.1 Å². The smallest absolute Gasteiger partial charge is 0.341 e. The van der Waals surface area contributed by atoms with Crippen LogP contribution in [0.25, 0.3) is 0 Å². The van der Waals surface area contributed by atoms with Crippen LogP contribution in [0.4, 0.5) is 13.2 Å². The Bertz CT molecular complexity index is 985. The summed E-state index contributed by atoms with van der Waals surface area (Å²) in [6, 6.07) is 6.72. The minimum absolute atomic E-state index is 0.0805. The predicted molar refractivity (Wildman–Crippen MR) is 106 cm³/mol. The van der Waals surface area contributed by atoms with Gasteiger partial charge in [0.05, 0.1) is 4.90 Å². The Hall–Kier alpha value is -2.10. The first-order valence-corrected chi connectivity index (χ1v) is 11.1. The van der Waals surface area contributed by atoms with Crippen molar-refractivity contribution >= 4 is 9.84 Å². The average molecular weight is 443 g/mol. The molecule has 0 amide bonds. The lowest BCUT2D eigenvalue weighted by atomic mass is 10.1. The van der Waals surface area contributed by atoms with Crippen LogP contribution in [0.1, 0.15) is 29.5 Å². The molecule has 0 saturated carbocycles. The molecule has 9 heteroatoms. The molecule has 30 heavy (non-hydrogen) atoms. The van der Waals surface area contributed by atoms with Crippen LogP contribution in [0, 0.1) is 19.7 Å². The Kier molecular flexibility index (Phi) is 7.05.